The Balaban J connectivity index is 2.54. The molecule has 0 aliphatic carbocycles. The fourth-order valence-corrected chi connectivity index (χ4v) is 2.93. The molecule has 0 aromatic heterocycles. The molecule has 0 fully saturated rings. The molecule has 2 rings (SSSR count). The van der Waals surface area contributed by atoms with Crippen LogP contribution < -0.4 is 0 Å². The smallest absolute Gasteiger partial charge is 0.0868 e. The Morgan fingerprint density at radius 3 is 2.64 bits per heavy atom. The minimum atomic E-state index is 0.0435. The molecule has 1 heterocycles. The minimum absolute atomic E-state index is 0.0435. The zero-order chi connectivity index (χ0) is 10.0. The zero-order valence-corrected chi connectivity index (χ0v) is 9.47. The molecule has 0 atom stereocenters. The lowest BCUT2D eigenvalue weighted by molar-refractivity contribution is 0.410. The molecule has 0 unspecified atom stereocenters. The van der Waals surface area contributed by atoms with Crippen LogP contribution in [0.1, 0.15) is 32.3 Å². The van der Waals surface area contributed by atoms with E-state index in [-0.39, 0.29) is 5.54 Å². The number of fused-ring (bicyclic) bond motifs is 1. The third kappa shape index (κ3) is 1.38. The summed E-state index contributed by atoms with van der Waals surface area (Å²) in [5.41, 5.74) is 3.44. The number of hydrogen-bond acceptors (Lipinski definition) is 2. The van der Waals surface area contributed by atoms with Gasteiger partial charge in [-0.15, -0.1) is 0 Å². The number of aliphatic imine (C=N–C) groups is 1. The predicted octanol–water partition coefficient (Wildman–Crippen LogP) is 3.84. The number of rotatable bonds is 2. The van der Waals surface area contributed by atoms with E-state index >= 15 is 0 Å². The van der Waals surface area contributed by atoms with Gasteiger partial charge in [0.05, 0.1) is 11.1 Å². The summed E-state index contributed by atoms with van der Waals surface area (Å²) in [6, 6.07) is 8.61. The first-order valence-electron chi connectivity index (χ1n) is 5.12. The zero-order valence-electron chi connectivity index (χ0n) is 8.66. The van der Waals surface area contributed by atoms with Crippen LogP contribution in [0.3, 0.4) is 0 Å². The topological polar surface area (TPSA) is 12.4 Å². The summed E-state index contributed by atoms with van der Waals surface area (Å²) in [7, 11) is 0. The Morgan fingerprint density at radius 2 is 1.93 bits per heavy atom. The van der Waals surface area contributed by atoms with E-state index in [0.717, 1.165) is 12.8 Å². The first-order valence-corrected chi connectivity index (χ1v) is 6.00. The van der Waals surface area contributed by atoms with Crippen LogP contribution in [0, 0.1) is 0 Å². The first kappa shape index (κ1) is 9.78. The van der Waals surface area contributed by atoms with Crippen molar-refractivity contribution in [1.29, 1.82) is 0 Å². The monoisotopic (exact) mass is 205 g/mol. The van der Waals surface area contributed by atoms with E-state index in [1.54, 1.807) is 11.8 Å². The highest BCUT2D eigenvalue weighted by Crippen LogP contribution is 2.41. The Morgan fingerprint density at radius 1 is 1.21 bits per heavy atom. The first-order chi connectivity index (χ1) is 6.82. The lowest BCUT2D eigenvalue weighted by Gasteiger charge is -2.32. The van der Waals surface area contributed by atoms with E-state index in [1.165, 1.54) is 10.5 Å². The van der Waals surface area contributed by atoms with Gasteiger partial charge in [-0.25, -0.2) is 0 Å². The summed E-state index contributed by atoms with van der Waals surface area (Å²) in [4.78, 5) is 6.04. The van der Waals surface area contributed by atoms with E-state index in [9.17, 15) is 0 Å². The van der Waals surface area contributed by atoms with Crippen LogP contribution in [-0.4, -0.2) is 5.55 Å². The van der Waals surface area contributed by atoms with Crippen LogP contribution in [0.25, 0.3) is 0 Å². The average Bonchev–Trinajstić information content (AvgIpc) is 2.28. The Kier molecular flexibility index (Phi) is 2.64. The van der Waals surface area contributed by atoms with Crippen molar-refractivity contribution in [3.8, 4) is 0 Å². The molecule has 74 valence electrons. The molecule has 1 aliphatic rings. The predicted molar refractivity (Wildman–Crippen MR) is 63.1 cm³/mol. The van der Waals surface area contributed by atoms with Crippen molar-refractivity contribution in [2.24, 2.45) is 4.99 Å². The van der Waals surface area contributed by atoms with E-state index < -0.39 is 0 Å². The highest BCUT2D eigenvalue weighted by molar-refractivity contribution is 8.12. The van der Waals surface area contributed by atoms with Crippen molar-refractivity contribution in [2.75, 3.05) is 0 Å². The van der Waals surface area contributed by atoms with E-state index in [4.69, 9.17) is 0 Å². The normalized spacial score (nSPS) is 17.9. The molecule has 0 spiro atoms. The second-order valence-electron chi connectivity index (χ2n) is 3.59. The van der Waals surface area contributed by atoms with E-state index in [2.05, 4.69) is 43.1 Å². The van der Waals surface area contributed by atoms with Crippen molar-refractivity contribution >= 4 is 17.3 Å². The van der Waals surface area contributed by atoms with Crippen molar-refractivity contribution < 1.29 is 0 Å². The Hall–Kier alpha value is -0.760. The van der Waals surface area contributed by atoms with Crippen molar-refractivity contribution in [3.05, 3.63) is 29.8 Å². The van der Waals surface area contributed by atoms with Gasteiger partial charge >= 0.3 is 0 Å². The van der Waals surface area contributed by atoms with Gasteiger partial charge in [-0.3, -0.25) is 4.99 Å². The molecule has 0 N–H and O–H groups in total. The SMILES string of the molecule is CCC1(CC)N=CSc2ccccc21. The molecule has 1 nitrogen and oxygen atoms in total. The summed E-state index contributed by atoms with van der Waals surface area (Å²) in [5, 5.41) is 0. The van der Waals surface area contributed by atoms with E-state index in [0.29, 0.717) is 0 Å². The van der Waals surface area contributed by atoms with Gasteiger partial charge in [-0.05, 0) is 24.5 Å². The summed E-state index contributed by atoms with van der Waals surface area (Å²) in [6.07, 6.45) is 2.16. The van der Waals surface area contributed by atoms with Gasteiger partial charge in [0.15, 0.2) is 0 Å². The van der Waals surface area contributed by atoms with Crippen LogP contribution in [-0.2, 0) is 5.54 Å². The van der Waals surface area contributed by atoms with Gasteiger partial charge in [0.2, 0.25) is 0 Å². The van der Waals surface area contributed by atoms with E-state index in [1.807, 2.05) is 5.55 Å². The average molecular weight is 205 g/mol. The fraction of sp³-hybridized carbons (Fsp3) is 0.417. The minimum Gasteiger partial charge on any atom is -0.275 e. The fourth-order valence-electron chi connectivity index (χ4n) is 2.02. The standard InChI is InChI=1S/C12H15NS/c1-3-12(4-2)10-7-5-6-8-11(10)14-9-13-12/h5-9H,3-4H2,1-2H3. The molecule has 0 bridgehead atoms. The Labute approximate surface area is 89.6 Å². The quantitative estimate of drug-likeness (QED) is 0.714. The molecular formula is C12H15NS. The van der Waals surface area contributed by atoms with Gasteiger partial charge in [0, 0.05) is 4.90 Å². The van der Waals surface area contributed by atoms with Gasteiger partial charge in [-0.2, -0.15) is 0 Å². The molecule has 2 heteroatoms. The third-order valence-corrected chi connectivity index (χ3v) is 3.86. The number of thioether (sulfide) groups is 1. The van der Waals surface area contributed by atoms with Gasteiger partial charge in [0.25, 0.3) is 0 Å². The third-order valence-electron chi connectivity index (χ3n) is 3.04. The van der Waals surface area contributed by atoms with Crippen molar-refractivity contribution in [2.45, 2.75) is 37.1 Å². The second kappa shape index (κ2) is 3.77. The highest BCUT2D eigenvalue weighted by atomic mass is 32.2. The number of hydrogen-bond donors (Lipinski definition) is 0. The maximum absolute atomic E-state index is 4.68. The summed E-state index contributed by atoms with van der Waals surface area (Å²) in [5.74, 6) is 0. The number of nitrogens with zero attached hydrogens (tertiary/aromatic N) is 1. The molecule has 1 aliphatic heterocycles. The molecule has 0 saturated heterocycles. The maximum Gasteiger partial charge on any atom is 0.0868 e. The highest BCUT2D eigenvalue weighted by Gasteiger charge is 2.31. The summed E-state index contributed by atoms with van der Waals surface area (Å²) >= 11 is 1.73. The Bertz CT molecular complexity index is 353. The summed E-state index contributed by atoms with van der Waals surface area (Å²) < 4.78 is 0. The largest absolute Gasteiger partial charge is 0.275 e. The molecule has 0 amide bonds. The van der Waals surface area contributed by atoms with Crippen LogP contribution in [0.4, 0.5) is 0 Å². The van der Waals surface area contributed by atoms with Gasteiger partial charge in [-0.1, -0.05) is 43.8 Å². The summed E-state index contributed by atoms with van der Waals surface area (Å²) in [6.45, 7) is 4.43. The van der Waals surface area contributed by atoms with Gasteiger partial charge < -0.3 is 0 Å². The lowest BCUT2D eigenvalue weighted by atomic mass is 9.85. The van der Waals surface area contributed by atoms with Crippen LogP contribution in [0.5, 0.6) is 0 Å². The lowest BCUT2D eigenvalue weighted by Crippen LogP contribution is -2.24. The maximum atomic E-state index is 4.68. The van der Waals surface area contributed by atoms with Crippen LogP contribution in [0.15, 0.2) is 34.2 Å². The van der Waals surface area contributed by atoms with Gasteiger partial charge in [0.1, 0.15) is 0 Å². The molecule has 1 aromatic rings. The van der Waals surface area contributed by atoms with Crippen molar-refractivity contribution in [1.82, 2.24) is 0 Å². The molecule has 1 aromatic carbocycles. The molecule has 0 radical (unpaired) electrons. The van der Waals surface area contributed by atoms with Crippen LogP contribution in [0.2, 0.25) is 0 Å². The molecular weight excluding hydrogens is 190 g/mol. The van der Waals surface area contributed by atoms with Crippen molar-refractivity contribution in [3.63, 3.8) is 0 Å². The molecule has 0 saturated carbocycles. The molecule has 14 heavy (non-hydrogen) atoms. The number of benzene rings is 1. The second-order valence-corrected chi connectivity index (χ2v) is 4.47. The van der Waals surface area contributed by atoms with Crippen LogP contribution >= 0.6 is 11.8 Å².